The number of carbonyl (C=O) groups is 1. The zero-order chi connectivity index (χ0) is 13.8. The second-order valence-electron chi connectivity index (χ2n) is 3.58. The maximum atomic E-state index is 11.8. The average Bonchev–Trinajstić information content (AvgIpc) is 2.26. The molecule has 0 bridgehead atoms. The van der Waals surface area contributed by atoms with Gasteiger partial charge in [0.2, 0.25) is 0 Å². The molecule has 0 radical (unpaired) electrons. The molecule has 0 saturated carbocycles. The van der Waals surface area contributed by atoms with Gasteiger partial charge in [-0.1, -0.05) is 29.8 Å². The van der Waals surface area contributed by atoms with Crippen LogP contribution in [0.2, 0.25) is 5.02 Å². The summed E-state index contributed by atoms with van der Waals surface area (Å²) >= 11 is 5.88. The van der Waals surface area contributed by atoms with Crippen LogP contribution >= 0.6 is 11.6 Å². The number of halogens is 4. The van der Waals surface area contributed by atoms with Gasteiger partial charge in [-0.25, -0.2) is 4.79 Å². The SMILES string of the molecule is C[C@@H](NC(=O)OCC(F)(F)F)c1ccccc1Cl. The van der Waals surface area contributed by atoms with Gasteiger partial charge in [-0.3, -0.25) is 0 Å². The lowest BCUT2D eigenvalue weighted by molar-refractivity contribution is -0.160. The van der Waals surface area contributed by atoms with Crippen molar-refractivity contribution < 1.29 is 22.7 Å². The van der Waals surface area contributed by atoms with Gasteiger partial charge in [-0.15, -0.1) is 0 Å². The predicted molar refractivity (Wildman–Crippen MR) is 60.4 cm³/mol. The average molecular weight is 282 g/mol. The fourth-order valence-electron chi connectivity index (χ4n) is 1.27. The first-order valence-corrected chi connectivity index (χ1v) is 5.42. The molecule has 1 N–H and O–H groups in total. The van der Waals surface area contributed by atoms with E-state index in [0.29, 0.717) is 10.6 Å². The number of amides is 1. The minimum atomic E-state index is -4.54. The molecule has 7 heteroatoms. The molecule has 0 aliphatic carbocycles. The number of ether oxygens (including phenoxy) is 1. The molecular weight excluding hydrogens is 271 g/mol. The maximum Gasteiger partial charge on any atom is 0.422 e. The Bertz CT molecular complexity index is 423. The lowest BCUT2D eigenvalue weighted by Gasteiger charge is -2.16. The van der Waals surface area contributed by atoms with Crippen LogP contribution in [0.15, 0.2) is 24.3 Å². The second kappa shape index (κ2) is 5.95. The quantitative estimate of drug-likeness (QED) is 0.917. The summed E-state index contributed by atoms with van der Waals surface area (Å²) in [6.45, 7) is -0.0237. The first-order valence-electron chi connectivity index (χ1n) is 5.04. The van der Waals surface area contributed by atoms with Crippen LogP contribution in [0.1, 0.15) is 18.5 Å². The van der Waals surface area contributed by atoms with Gasteiger partial charge >= 0.3 is 12.3 Å². The highest BCUT2D eigenvalue weighted by Gasteiger charge is 2.29. The first-order chi connectivity index (χ1) is 8.29. The number of alkyl carbamates (subject to hydrolysis) is 1. The Hall–Kier alpha value is -1.43. The van der Waals surface area contributed by atoms with Crippen LogP contribution in [0.25, 0.3) is 0 Å². The van der Waals surface area contributed by atoms with E-state index in [2.05, 4.69) is 10.1 Å². The van der Waals surface area contributed by atoms with E-state index in [1.54, 1.807) is 31.2 Å². The van der Waals surface area contributed by atoms with Gasteiger partial charge in [0.15, 0.2) is 6.61 Å². The van der Waals surface area contributed by atoms with Crippen molar-refractivity contribution in [2.75, 3.05) is 6.61 Å². The fraction of sp³-hybridized carbons (Fsp3) is 0.364. The molecule has 3 nitrogen and oxygen atoms in total. The van der Waals surface area contributed by atoms with E-state index in [9.17, 15) is 18.0 Å². The van der Waals surface area contributed by atoms with Crippen molar-refractivity contribution in [3.8, 4) is 0 Å². The molecule has 1 atom stereocenters. The fourth-order valence-corrected chi connectivity index (χ4v) is 1.57. The van der Waals surface area contributed by atoms with Crippen LogP contribution in [0.5, 0.6) is 0 Å². The number of rotatable bonds is 3. The van der Waals surface area contributed by atoms with Crippen LogP contribution in [0.3, 0.4) is 0 Å². The number of hydrogen-bond acceptors (Lipinski definition) is 2. The van der Waals surface area contributed by atoms with Crippen molar-refractivity contribution in [3.63, 3.8) is 0 Å². The van der Waals surface area contributed by atoms with Crippen molar-refractivity contribution in [1.29, 1.82) is 0 Å². The Balaban J connectivity index is 2.53. The molecule has 0 unspecified atom stereocenters. The van der Waals surface area contributed by atoms with E-state index >= 15 is 0 Å². The Morgan fingerprint density at radius 3 is 2.61 bits per heavy atom. The minimum absolute atomic E-state index is 0.418. The highest BCUT2D eigenvalue weighted by Crippen LogP contribution is 2.22. The van der Waals surface area contributed by atoms with E-state index in [0.717, 1.165) is 0 Å². The third kappa shape index (κ3) is 4.83. The summed E-state index contributed by atoms with van der Waals surface area (Å²) < 4.78 is 39.5. The number of alkyl halides is 3. The van der Waals surface area contributed by atoms with E-state index in [4.69, 9.17) is 11.6 Å². The van der Waals surface area contributed by atoms with Crippen LogP contribution in [-0.2, 0) is 4.74 Å². The Labute approximate surface area is 107 Å². The Morgan fingerprint density at radius 1 is 1.44 bits per heavy atom. The number of carbonyl (C=O) groups excluding carboxylic acids is 1. The lowest BCUT2D eigenvalue weighted by atomic mass is 10.1. The Morgan fingerprint density at radius 2 is 2.06 bits per heavy atom. The molecule has 0 aliphatic rings. The number of hydrogen-bond donors (Lipinski definition) is 1. The van der Waals surface area contributed by atoms with Crippen molar-refractivity contribution in [2.24, 2.45) is 0 Å². The van der Waals surface area contributed by atoms with Gasteiger partial charge in [0.05, 0.1) is 6.04 Å². The van der Waals surface area contributed by atoms with Gasteiger partial charge < -0.3 is 10.1 Å². The van der Waals surface area contributed by atoms with Crippen molar-refractivity contribution >= 4 is 17.7 Å². The van der Waals surface area contributed by atoms with Gasteiger partial charge in [0.25, 0.3) is 0 Å². The molecular formula is C11H11ClF3NO2. The highest BCUT2D eigenvalue weighted by molar-refractivity contribution is 6.31. The Kier molecular flexibility index (Phi) is 4.84. The van der Waals surface area contributed by atoms with Gasteiger partial charge in [-0.2, -0.15) is 13.2 Å². The molecule has 0 heterocycles. The third-order valence-electron chi connectivity index (χ3n) is 2.07. The number of nitrogens with one attached hydrogen (secondary N) is 1. The van der Waals surface area contributed by atoms with Gasteiger partial charge in [0.1, 0.15) is 0 Å². The predicted octanol–water partition coefficient (Wildman–Crippen LogP) is 3.69. The summed E-state index contributed by atoms with van der Waals surface area (Å²) in [7, 11) is 0. The summed E-state index contributed by atoms with van der Waals surface area (Å²) in [5, 5.41) is 2.68. The first kappa shape index (κ1) is 14.6. The molecule has 100 valence electrons. The van der Waals surface area contributed by atoms with Crippen LogP contribution in [0, 0.1) is 0 Å². The van der Waals surface area contributed by atoms with Crippen molar-refractivity contribution in [2.45, 2.75) is 19.1 Å². The van der Waals surface area contributed by atoms with E-state index < -0.39 is 24.9 Å². The molecule has 1 amide bonds. The summed E-state index contributed by atoms with van der Waals surface area (Å²) in [4.78, 5) is 11.1. The van der Waals surface area contributed by atoms with Gasteiger partial charge in [-0.05, 0) is 18.6 Å². The summed E-state index contributed by atoms with van der Waals surface area (Å²) in [6.07, 6.45) is -5.68. The molecule has 0 fully saturated rings. The molecule has 1 aromatic rings. The second-order valence-corrected chi connectivity index (χ2v) is 3.99. The molecule has 0 spiro atoms. The van der Waals surface area contributed by atoms with Gasteiger partial charge in [0, 0.05) is 5.02 Å². The zero-order valence-electron chi connectivity index (χ0n) is 9.42. The maximum absolute atomic E-state index is 11.8. The third-order valence-corrected chi connectivity index (χ3v) is 2.42. The van der Waals surface area contributed by atoms with Crippen LogP contribution in [0.4, 0.5) is 18.0 Å². The molecule has 0 saturated heterocycles. The molecule has 1 rings (SSSR count). The topological polar surface area (TPSA) is 38.3 Å². The summed E-state index contributed by atoms with van der Waals surface area (Å²) in [6, 6.07) is 6.16. The molecule has 1 aromatic carbocycles. The van der Waals surface area contributed by atoms with Crippen molar-refractivity contribution in [3.05, 3.63) is 34.9 Å². The summed E-state index contributed by atoms with van der Waals surface area (Å²) in [5.41, 5.74) is 0.600. The standard InChI is InChI=1S/C11H11ClF3NO2/c1-7(8-4-2-3-5-9(8)12)16-10(17)18-6-11(13,14)15/h2-5,7H,6H2,1H3,(H,16,17)/t7-/m1/s1. The molecule has 0 aromatic heterocycles. The molecule has 18 heavy (non-hydrogen) atoms. The van der Waals surface area contributed by atoms with Crippen molar-refractivity contribution in [1.82, 2.24) is 5.32 Å². The largest absolute Gasteiger partial charge is 0.440 e. The molecule has 0 aliphatic heterocycles. The van der Waals surface area contributed by atoms with E-state index in [1.807, 2.05) is 0 Å². The number of benzene rings is 1. The lowest BCUT2D eigenvalue weighted by Crippen LogP contribution is -2.31. The monoisotopic (exact) mass is 281 g/mol. The summed E-state index contributed by atoms with van der Waals surface area (Å²) in [5.74, 6) is 0. The zero-order valence-corrected chi connectivity index (χ0v) is 10.2. The van der Waals surface area contributed by atoms with Crippen LogP contribution < -0.4 is 5.32 Å². The van der Waals surface area contributed by atoms with E-state index in [1.165, 1.54) is 0 Å². The van der Waals surface area contributed by atoms with E-state index in [-0.39, 0.29) is 0 Å². The highest BCUT2D eigenvalue weighted by atomic mass is 35.5. The minimum Gasteiger partial charge on any atom is -0.440 e. The normalized spacial score (nSPS) is 12.9. The van der Waals surface area contributed by atoms with Crippen LogP contribution in [-0.4, -0.2) is 18.9 Å². The smallest absolute Gasteiger partial charge is 0.422 e.